The molecule has 0 aromatic carbocycles. The smallest absolute Gasteiger partial charge is 0.246 e. The lowest BCUT2D eigenvalue weighted by atomic mass is 9.94. The van der Waals surface area contributed by atoms with E-state index >= 15 is 0 Å². The SMILES string of the molecule is CC(C)(C)C(=N)N1CC(=O)NC(=O)C1. The number of hydrogen-bond acceptors (Lipinski definition) is 3. The maximum Gasteiger partial charge on any atom is 0.246 e. The van der Waals surface area contributed by atoms with E-state index in [1.807, 2.05) is 20.8 Å². The number of amides is 2. The molecule has 78 valence electrons. The third-order valence-corrected chi connectivity index (χ3v) is 1.97. The molecule has 0 bridgehead atoms. The number of nitrogens with one attached hydrogen (secondary N) is 2. The Labute approximate surface area is 83.0 Å². The Kier molecular flexibility index (Phi) is 2.59. The van der Waals surface area contributed by atoms with Crippen molar-refractivity contribution in [1.29, 1.82) is 5.41 Å². The van der Waals surface area contributed by atoms with Gasteiger partial charge in [0.15, 0.2) is 0 Å². The van der Waals surface area contributed by atoms with Crippen molar-refractivity contribution in [3.63, 3.8) is 0 Å². The Morgan fingerprint density at radius 1 is 1.29 bits per heavy atom. The van der Waals surface area contributed by atoms with Crippen LogP contribution in [0.2, 0.25) is 0 Å². The Morgan fingerprint density at radius 2 is 1.71 bits per heavy atom. The molecule has 5 nitrogen and oxygen atoms in total. The first-order chi connectivity index (χ1) is 6.30. The molecule has 0 saturated carbocycles. The van der Waals surface area contributed by atoms with Crippen molar-refractivity contribution < 1.29 is 9.59 Å². The van der Waals surface area contributed by atoms with Gasteiger partial charge in [0.05, 0.1) is 13.1 Å². The van der Waals surface area contributed by atoms with Crippen molar-refractivity contribution in [3.05, 3.63) is 0 Å². The summed E-state index contributed by atoms with van der Waals surface area (Å²) in [7, 11) is 0. The molecule has 0 spiro atoms. The van der Waals surface area contributed by atoms with Crippen LogP contribution in [0.4, 0.5) is 0 Å². The molecule has 0 atom stereocenters. The van der Waals surface area contributed by atoms with Gasteiger partial charge < -0.3 is 4.90 Å². The molecule has 1 fully saturated rings. The molecular weight excluding hydrogens is 182 g/mol. The molecule has 0 aromatic heterocycles. The molecule has 14 heavy (non-hydrogen) atoms. The maximum absolute atomic E-state index is 11.0. The van der Waals surface area contributed by atoms with Gasteiger partial charge in [0.2, 0.25) is 11.8 Å². The zero-order valence-electron chi connectivity index (χ0n) is 8.68. The topological polar surface area (TPSA) is 73.3 Å². The van der Waals surface area contributed by atoms with E-state index in [1.165, 1.54) is 4.90 Å². The van der Waals surface area contributed by atoms with E-state index in [2.05, 4.69) is 5.32 Å². The van der Waals surface area contributed by atoms with Gasteiger partial charge in [-0.05, 0) is 0 Å². The molecule has 2 N–H and O–H groups in total. The molecule has 1 rings (SSSR count). The quantitative estimate of drug-likeness (QED) is 0.325. The minimum Gasteiger partial charge on any atom is -0.341 e. The van der Waals surface area contributed by atoms with Crippen LogP contribution in [0.15, 0.2) is 0 Å². The van der Waals surface area contributed by atoms with E-state index < -0.39 is 0 Å². The van der Waals surface area contributed by atoms with Gasteiger partial charge in [-0.2, -0.15) is 0 Å². The number of hydrogen-bond donors (Lipinski definition) is 2. The fourth-order valence-corrected chi connectivity index (χ4v) is 1.27. The van der Waals surface area contributed by atoms with Crippen LogP contribution < -0.4 is 5.32 Å². The van der Waals surface area contributed by atoms with E-state index in [-0.39, 0.29) is 30.3 Å². The molecule has 0 aromatic rings. The van der Waals surface area contributed by atoms with Crippen LogP contribution in [-0.2, 0) is 9.59 Å². The first-order valence-electron chi connectivity index (χ1n) is 4.47. The van der Waals surface area contributed by atoms with Crippen molar-refractivity contribution >= 4 is 17.6 Å². The standard InChI is InChI=1S/C9H15N3O2/c1-9(2,3)8(10)12-4-6(13)11-7(14)5-12/h10H,4-5H2,1-3H3,(H,11,13,14). The lowest BCUT2D eigenvalue weighted by Gasteiger charge is -2.33. The monoisotopic (exact) mass is 197 g/mol. The molecule has 0 unspecified atom stereocenters. The van der Waals surface area contributed by atoms with Gasteiger partial charge in [-0.1, -0.05) is 20.8 Å². The summed E-state index contributed by atoms with van der Waals surface area (Å²) in [5.41, 5.74) is -0.335. The third-order valence-electron chi connectivity index (χ3n) is 1.97. The number of amidine groups is 1. The van der Waals surface area contributed by atoms with E-state index in [4.69, 9.17) is 5.41 Å². The number of nitrogens with zero attached hydrogens (tertiary/aromatic N) is 1. The summed E-state index contributed by atoms with van der Waals surface area (Å²) in [5.74, 6) is -0.355. The highest BCUT2D eigenvalue weighted by molar-refractivity contribution is 6.03. The van der Waals surface area contributed by atoms with Crippen LogP contribution >= 0.6 is 0 Å². The van der Waals surface area contributed by atoms with Crippen molar-refractivity contribution in [2.75, 3.05) is 13.1 Å². The minimum atomic E-state index is -0.338. The summed E-state index contributed by atoms with van der Waals surface area (Å²) in [6.07, 6.45) is 0. The highest BCUT2D eigenvalue weighted by Gasteiger charge is 2.29. The molecule has 1 aliphatic heterocycles. The first kappa shape index (κ1) is 10.7. The summed E-state index contributed by atoms with van der Waals surface area (Å²) in [4.78, 5) is 23.6. The van der Waals surface area contributed by atoms with E-state index in [0.717, 1.165) is 0 Å². The van der Waals surface area contributed by atoms with E-state index in [1.54, 1.807) is 0 Å². The third kappa shape index (κ3) is 2.31. The summed E-state index contributed by atoms with van der Waals surface area (Å²) in [6, 6.07) is 0. The fourth-order valence-electron chi connectivity index (χ4n) is 1.27. The lowest BCUT2D eigenvalue weighted by Crippen LogP contribution is -2.55. The van der Waals surface area contributed by atoms with E-state index in [0.29, 0.717) is 5.84 Å². The lowest BCUT2D eigenvalue weighted by molar-refractivity contribution is -0.134. The summed E-state index contributed by atoms with van der Waals surface area (Å²) >= 11 is 0. The predicted molar refractivity (Wildman–Crippen MR) is 51.9 cm³/mol. The molecular formula is C9H15N3O2. The Hall–Kier alpha value is -1.39. The van der Waals surface area contributed by atoms with Crippen molar-refractivity contribution in [2.45, 2.75) is 20.8 Å². The number of imide groups is 1. The van der Waals surface area contributed by atoms with Crippen LogP contribution in [0.3, 0.4) is 0 Å². The number of piperazine rings is 1. The Bertz CT molecular complexity index is 275. The summed E-state index contributed by atoms with van der Waals surface area (Å²) in [6.45, 7) is 5.84. The van der Waals surface area contributed by atoms with Crippen LogP contribution in [0.1, 0.15) is 20.8 Å². The highest BCUT2D eigenvalue weighted by Crippen LogP contribution is 2.18. The van der Waals surface area contributed by atoms with Crippen molar-refractivity contribution in [1.82, 2.24) is 10.2 Å². The Balaban J connectivity index is 2.74. The van der Waals surface area contributed by atoms with Gasteiger partial charge in [0.1, 0.15) is 5.84 Å². The maximum atomic E-state index is 11.0. The number of rotatable bonds is 0. The van der Waals surface area contributed by atoms with Crippen LogP contribution in [0.5, 0.6) is 0 Å². The molecule has 0 aliphatic carbocycles. The van der Waals surface area contributed by atoms with Gasteiger partial charge in [0, 0.05) is 5.41 Å². The van der Waals surface area contributed by atoms with Crippen LogP contribution in [0.25, 0.3) is 0 Å². The number of carbonyl (C=O) groups excluding carboxylic acids is 2. The summed E-state index contributed by atoms with van der Waals surface area (Å²) in [5, 5.41) is 10.0. The fraction of sp³-hybridized carbons (Fsp3) is 0.667. The predicted octanol–water partition coefficient (Wildman–Crippen LogP) is -0.0318. The minimum absolute atomic E-state index is 0.0991. The van der Waals surface area contributed by atoms with Gasteiger partial charge in [0.25, 0.3) is 0 Å². The molecule has 1 heterocycles. The molecule has 1 saturated heterocycles. The van der Waals surface area contributed by atoms with Crippen LogP contribution in [0, 0.1) is 10.8 Å². The normalized spacial score (nSPS) is 18.1. The van der Waals surface area contributed by atoms with E-state index in [9.17, 15) is 9.59 Å². The molecule has 5 heteroatoms. The average molecular weight is 197 g/mol. The van der Waals surface area contributed by atoms with Gasteiger partial charge in [-0.25, -0.2) is 0 Å². The second kappa shape index (κ2) is 3.40. The molecule has 0 radical (unpaired) electrons. The summed E-state index contributed by atoms with van der Waals surface area (Å²) < 4.78 is 0. The Morgan fingerprint density at radius 3 is 2.07 bits per heavy atom. The largest absolute Gasteiger partial charge is 0.341 e. The molecule has 2 amide bonds. The number of carbonyl (C=O) groups is 2. The van der Waals surface area contributed by atoms with Gasteiger partial charge >= 0.3 is 0 Å². The second-order valence-electron chi connectivity index (χ2n) is 4.43. The van der Waals surface area contributed by atoms with Gasteiger partial charge in [-0.15, -0.1) is 0 Å². The van der Waals surface area contributed by atoms with Crippen LogP contribution in [-0.4, -0.2) is 35.6 Å². The average Bonchev–Trinajstić information content (AvgIpc) is 1.99. The zero-order valence-corrected chi connectivity index (χ0v) is 8.68. The molecule has 1 aliphatic rings. The van der Waals surface area contributed by atoms with Gasteiger partial charge in [-0.3, -0.25) is 20.3 Å². The zero-order chi connectivity index (χ0) is 10.9. The first-order valence-corrected chi connectivity index (χ1v) is 4.47. The van der Waals surface area contributed by atoms with Crippen molar-refractivity contribution in [3.8, 4) is 0 Å². The van der Waals surface area contributed by atoms with Crippen molar-refractivity contribution in [2.24, 2.45) is 5.41 Å². The second-order valence-corrected chi connectivity index (χ2v) is 4.43. The highest BCUT2D eigenvalue weighted by atomic mass is 16.2.